The summed E-state index contributed by atoms with van der Waals surface area (Å²) in [5, 5.41) is 8.61. The summed E-state index contributed by atoms with van der Waals surface area (Å²) in [6.45, 7) is 4.28. The summed E-state index contributed by atoms with van der Waals surface area (Å²) in [5.41, 5.74) is 1.56. The van der Waals surface area contributed by atoms with Gasteiger partial charge in [-0.05, 0) is 49.2 Å². The first kappa shape index (κ1) is 17.9. The Bertz CT molecular complexity index is 768. The third kappa shape index (κ3) is 4.08. The maximum absolute atomic E-state index is 13.0. The smallest absolute Gasteiger partial charge is 0.225 e. The number of amides is 1. The number of piperidine rings is 1. The molecule has 1 aromatic carbocycles. The van der Waals surface area contributed by atoms with Crippen LogP contribution in [0.1, 0.15) is 12.8 Å². The van der Waals surface area contributed by atoms with Crippen LogP contribution in [0.2, 0.25) is 0 Å². The van der Waals surface area contributed by atoms with Gasteiger partial charge in [-0.3, -0.25) is 4.79 Å². The molecule has 2 aliphatic heterocycles. The maximum Gasteiger partial charge on any atom is 0.225 e. The maximum atomic E-state index is 13.0. The number of hydrogen-bond donors (Lipinski definition) is 0. The summed E-state index contributed by atoms with van der Waals surface area (Å²) >= 11 is 0. The topological polar surface area (TPSA) is 58.6 Å². The molecular weight excluding hydrogens is 347 g/mol. The molecule has 2 aromatic rings. The van der Waals surface area contributed by atoms with Crippen molar-refractivity contribution in [1.82, 2.24) is 15.1 Å². The van der Waals surface area contributed by atoms with Crippen LogP contribution in [0.15, 0.2) is 36.4 Å². The Morgan fingerprint density at radius 2 is 1.67 bits per heavy atom. The molecular formula is C20H23FN4O2. The van der Waals surface area contributed by atoms with E-state index in [-0.39, 0.29) is 17.6 Å². The zero-order valence-corrected chi connectivity index (χ0v) is 15.2. The van der Waals surface area contributed by atoms with Gasteiger partial charge in [0.15, 0.2) is 5.82 Å². The van der Waals surface area contributed by atoms with E-state index in [1.54, 1.807) is 12.1 Å². The van der Waals surface area contributed by atoms with Crippen LogP contribution >= 0.6 is 0 Å². The van der Waals surface area contributed by atoms with Crippen LogP contribution < -0.4 is 4.90 Å². The Kier molecular flexibility index (Phi) is 5.29. The number of carbonyl (C=O) groups is 1. The predicted octanol–water partition coefficient (Wildman–Crippen LogP) is 2.36. The van der Waals surface area contributed by atoms with Crippen molar-refractivity contribution in [2.75, 3.05) is 44.3 Å². The minimum absolute atomic E-state index is 0.0887. The zero-order valence-electron chi connectivity index (χ0n) is 15.2. The molecule has 0 unspecified atom stereocenters. The molecule has 7 heteroatoms. The van der Waals surface area contributed by atoms with Gasteiger partial charge in [0, 0.05) is 37.7 Å². The highest BCUT2D eigenvalue weighted by molar-refractivity contribution is 5.79. The minimum atomic E-state index is -0.266. The second-order valence-electron chi connectivity index (χ2n) is 6.98. The number of morpholine rings is 1. The number of carbonyl (C=O) groups excluding carboxylic acids is 1. The number of halogens is 1. The van der Waals surface area contributed by atoms with Crippen molar-refractivity contribution < 1.29 is 13.9 Å². The monoisotopic (exact) mass is 370 g/mol. The Hall–Kier alpha value is -2.54. The van der Waals surface area contributed by atoms with Gasteiger partial charge in [-0.25, -0.2) is 4.39 Å². The fraction of sp³-hybridized carbons (Fsp3) is 0.450. The minimum Gasteiger partial charge on any atom is -0.378 e. The van der Waals surface area contributed by atoms with E-state index in [4.69, 9.17) is 4.74 Å². The number of ether oxygens (including phenoxy) is 1. The lowest BCUT2D eigenvalue weighted by Gasteiger charge is -2.35. The summed E-state index contributed by atoms with van der Waals surface area (Å²) in [6, 6.07) is 10.1. The van der Waals surface area contributed by atoms with Gasteiger partial charge in [-0.1, -0.05) is 0 Å². The van der Waals surface area contributed by atoms with Crippen molar-refractivity contribution in [3.8, 4) is 11.3 Å². The third-order valence-electron chi connectivity index (χ3n) is 5.28. The predicted molar refractivity (Wildman–Crippen MR) is 99.8 cm³/mol. The molecule has 0 saturated carbocycles. The lowest BCUT2D eigenvalue weighted by molar-refractivity contribution is -0.140. The second kappa shape index (κ2) is 8.00. The van der Waals surface area contributed by atoms with Crippen LogP contribution in [0.3, 0.4) is 0 Å². The van der Waals surface area contributed by atoms with E-state index >= 15 is 0 Å². The molecule has 0 N–H and O–H groups in total. The highest BCUT2D eigenvalue weighted by Gasteiger charge is 2.29. The lowest BCUT2D eigenvalue weighted by atomic mass is 9.95. The van der Waals surface area contributed by atoms with Gasteiger partial charge in [0.05, 0.1) is 18.9 Å². The van der Waals surface area contributed by atoms with Gasteiger partial charge in [-0.15, -0.1) is 10.2 Å². The Balaban J connectivity index is 1.35. The first-order valence-corrected chi connectivity index (χ1v) is 9.42. The molecule has 1 amide bonds. The van der Waals surface area contributed by atoms with E-state index in [2.05, 4.69) is 15.1 Å². The summed E-state index contributed by atoms with van der Waals surface area (Å²) < 4.78 is 18.4. The number of aromatic nitrogens is 2. The van der Waals surface area contributed by atoms with E-state index < -0.39 is 0 Å². The molecule has 6 nitrogen and oxygen atoms in total. The molecule has 0 aliphatic carbocycles. The van der Waals surface area contributed by atoms with Crippen LogP contribution in [0.25, 0.3) is 11.3 Å². The average Bonchev–Trinajstić information content (AvgIpc) is 2.75. The Labute approximate surface area is 157 Å². The quantitative estimate of drug-likeness (QED) is 0.830. The molecule has 0 spiro atoms. The van der Waals surface area contributed by atoms with Crippen LogP contribution in [0, 0.1) is 11.7 Å². The molecule has 4 rings (SSSR count). The molecule has 0 bridgehead atoms. The van der Waals surface area contributed by atoms with Gasteiger partial charge in [0.25, 0.3) is 0 Å². The zero-order chi connectivity index (χ0) is 18.6. The number of rotatable bonds is 3. The van der Waals surface area contributed by atoms with Gasteiger partial charge in [-0.2, -0.15) is 0 Å². The van der Waals surface area contributed by atoms with Gasteiger partial charge in [0.2, 0.25) is 5.91 Å². The van der Waals surface area contributed by atoms with Crippen LogP contribution in [0.5, 0.6) is 0 Å². The fourth-order valence-electron chi connectivity index (χ4n) is 3.67. The molecule has 2 aliphatic rings. The van der Waals surface area contributed by atoms with Crippen molar-refractivity contribution in [3.05, 3.63) is 42.2 Å². The number of nitrogens with zero attached hydrogens (tertiary/aromatic N) is 4. The summed E-state index contributed by atoms with van der Waals surface area (Å²) in [7, 11) is 0. The van der Waals surface area contributed by atoms with E-state index in [1.807, 2.05) is 17.0 Å². The Morgan fingerprint density at radius 3 is 2.30 bits per heavy atom. The van der Waals surface area contributed by atoms with Crippen molar-refractivity contribution in [2.45, 2.75) is 12.8 Å². The Morgan fingerprint density at radius 1 is 0.963 bits per heavy atom. The van der Waals surface area contributed by atoms with Crippen molar-refractivity contribution in [3.63, 3.8) is 0 Å². The van der Waals surface area contributed by atoms with Crippen molar-refractivity contribution in [2.24, 2.45) is 5.92 Å². The van der Waals surface area contributed by atoms with Crippen LogP contribution in [-0.4, -0.2) is 60.4 Å². The normalized spacial score (nSPS) is 18.6. The fourth-order valence-corrected chi connectivity index (χ4v) is 3.67. The molecule has 2 saturated heterocycles. The van der Waals surface area contributed by atoms with E-state index in [0.717, 1.165) is 43.0 Å². The van der Waals surface area contributed by atoms with Gasteiger partial charge in [0.1, 0.15) is 5.82 Å². The number of hydrogen-bond acceptors (Lipinski definition) is 5. The van der Waals surface area contributed by atoms with Crippen LogP contribution in [0.4, 0.5) is 10.2 Å². The molecule has 0 atom stereocenters. The highest BCUT2D eigenvalue weighted by Crippen LogP contribution is 2.25. The van der Waals surface area contributed by atoms with E-state index in [9.17, 15) is 9.18 Å². The molecule has 2 fully saturated rings. The first-order valence-electron chi connectivity index (χ1n) is 9.42. The van der Waals surface area contributed by atoms with E-state index in [0.29, 0.717) is 26.3 Å². The standard InChI is InChI=1S/C20H23FN4O2/c21-17-3-1-15(2-4-17)18-5-6-19(23-22-18)24-9-7-16(8-10-24)20(26)25-11-13-27-14-12-25/h1-6,16H,7-14H2. The molecule has 142 valence electrons. The van der Waals surface area contributed by atoms with Crippen molar-refractivity contribution in [1.29, 1.82) is 0 Å². The van der Waals surface area contributed by atoms with Crippen LogP contribution in [-0.2, 0) is 9.53 Å². The molecule has 27 heavy (non-hydrogen) atoms. The van der Waals surface area contributed by atoms with Crippen molar-refractivity contribution >= 4 is 11.7 Å². The third-order valence-corrected chi connectivity index (χ3v) is 5.28. The molecule has 1 aromatic heterocycles. The van der Waals surface area contributed by atoms with E-state index in [1.165, 1.54) is 12.1 Å². The highest BCUT2D eigenvalue weighted by atomic mass is 19.1. The first-order chi connectivity index (χ1) is 13.2. The second-order valence-corrected chi connectivity index (χ2v) is 6.98. The van der Waals surface area contributed by atoms with Gasteiger partial charge < -0.3 is 14.5 Å². The largest absolute Gasteiger partial charge is 0.378 e. The SMILES string of the molecule is O=C(C1CCN(c2ccc(-c3ccc(F)cc3)nn2)CC1)N1CCOCC1. The summed E-state index contributed by atoms with van der Waals surface area (Å²) in [5.74, 6) is 0.900. The summed E-state index contributed by atoms with van der Waals surface area (Å²) in [6.07, 6.45) is 1.66. The lowest BCUT2D eigenvalue weighted by Crippen LogP contribution is -2.47. The summed E-state index contributed by atoms with van der Waals surface area (Å²) in [4.78, 5) is 16.7. The average molecular weight is 370 g/mol. The number of anilines is 1. The number of benzene rings is 1. The van der Waals surface area contributed by atoms with Gasteiger partial charge >= 0.3 is 0 Å². The molecule has 3 heterocycles. The molecule has 0 radical (unpaired) electrons.